The van der Waals surface area contributed by atoms with Crippen molar-refractivity contribution in [2.75, 3.05) is 11.1 Å². The molecule has 0 spiro atoms. The fourth-order valence-electron chi connectivity index (χ4n) is 2.69. The average Bonchev–Trinajstić information content (AvgIpc) is 3.17. The van der Waals surface area contributed by atoms with Crippen molar-refractivity contribution >= 4 is 45.4 Å². The number of nitrogens with one attached hydrogen (secondary N) is 1. The summed E-state index contributed by atoms with van der Waals surface area (Å²) in [6.07, 6.45) is 1.73. The van der Waals surface area contributed by atoms with Gasteiger partial charge in [-0.2, -0.15) is 0 Å². The third kappa shape index (κ3) is 4.72. The third-order valence-corrected chi connectivity index (χ3v) is 4.77. The number of hydrogen-bond donors (Lipinski definition) is 2. The van der Waals surface area contributed by atoms with E-state index in [1.54, 1.807) is 23.6 Å². The predicted molar refractivity (Wildman–Crippen MR) is 118 cm³/mol. The Morgan fingerprint density at radius 1 is 1.04 bits per heavy atom. The van der Waals surface area contributed by atoms with Gasteiger partial charge >= 0.3 is 0 Å². The van der Waals surface area contributed by atoms with Crippen LogP contribution >= 0.6 is 11.3 Å². The van der Waals surface area contributed by atoms with Gasteiger partial charge in [-0.25, -0.2) is 9.37 Å². The van der Waals surface area contributed by atoms with E-state index in [1.165, 1.54) is 12.1 Å². The van der Waals surface area contributed by atoms with Crippen molar-refractivity contribution in [3.63, 3.8) is 0 Å². The summed E-state index contributed by atoms with van der Waals surface area (Å²) in [6, 6.07) is 16.4. The van der Waals surface area contributed by atoms with Gasteiger partial charge in [0.15, 0.2) is 0 Å². The Kier molecular flexibility index (Phi) is 7.65. The molecule has 3 N–H and O–H groups in total. The van der Waals surface area contributed by atoms with Gasteiger partial charge in [0, 0.05) is 33.2 Å². The van der Waals surface area contributed by atoms with E-state index in [2.05, 4.69) is 15.7 Å². The molecule has 4 aromatic rings. The van der Waals surface area contributed by atoms with Crippen LogP contribution < -0.4 is 11.1 Å². The number of carbonyl (C=O) groups excluding carboxylic acids is 1. The number of hydrogen-bond acceptors (Lipinski definition) is 5. The Morgan fingerprint density at radius 2 is 1.75 bits per heavy atom. The number of carbonyl (C=O) groups is 1. The van der Waals surface area contributed by atoms with Crippen molar-refractivity contribution < 1.29 is 9.18 Å². The summed E-state index contributed by atoms with van der Waals surface area (Å²) in [4.78, 5) is 12.2. The molecular weight excluding hydrogens is 373 g/mol. The maximum atomic E-state index is 13.2. The Balaban J connectivity index is 0.000000660. The second-order valence-electron chi connectivity index (χ2n) is 5.43. The van der Waals surface area contributed by atoms with Crippen LogP contribution in [0.3, 0.4) is 0 Å². The number of benzene rings is 2. The van der Waals surface area contributed by atoms with Crippen molar-refractivity contribution in [2.24, 2.45) is 0 Å². The summed E-state index contributed by atoms with van der Waals surface area (Å²) in [6.45, 7) is 6.00. The Hall–Kier alpha value is -3.25. The van der Waals surface area contributed by atoms with Gasteiger partial charge in [-0.1, -0.05) is 32.0 Å². The van der Waals surface area contributed by atoms with Crippen LogP contribution in [-0.2, 0) is 4.79 Å². The number of nitrogens with two attached hydrogens (primary N) is 1. The highest BCUT2D eigenvalue weighted by Gasteiger charge is 2.10. The molecular formula is C22H22FN3OS. The van der Waals surface area contributed by atoms with E-state index in [-0.39, 0.29) is 5.82 Å². The standard InChI is InChI=1S/C19H14FN3S.C2H6.CH2O/c20-13-2-1-3-15(10-13)23-14-6-4-12(5-7-14)16-11-24-17-8-9-22-19(21)18(16)17;2*1-2/h1-11,23H,(H2,21,22);1-2H3;1H2. The first-order valence-electron chi connectivity index (χ1n) is 8.74. The smallest absolute Gasteiger partial charge is 0.132 e. The van der Waals surface area contributed by atoms with Gasteiger partial charge in [-0.3, -0.25) is 0 Å². The quantitative estimate of drug-likeness (QED) is 0.429. The second-order valence-corrected chi connectivity index (χ2v) is 6.34. The molecule has 0 unspecified atom stereocenters. The summed E-state index contributed by atoms with van der Waals surface area (Å²) >= 11 is 1.65. The first-order valence-corrected chi connectivity index (χ1v) is 9.62. The summed E-state index contributed by atoms with van der Waals surface area (Å²) in [5.41, 5.74) is 9.81. The zero-order valence-corrected chi connectivity index (χ0v) is 16.6. The molecule has 0 atom stereocenters. The van der Waals surface area contributed by atoms with Crippen LogP contribution in [0.25, 0.3) is 21.2 Å². The number of nitrogens with zero attached hydrogens (tertiary/aromatic N) is 1. The molecule has 0 aliphatic rings. The van der Waals surface area contributed by atoms with Crippen molar-refractivity contribution in [3.8, 4) is 11.1 Å². The molecule has 0 aliphatic heterocycles. The van der Waals surface area contributed by atoms with Crippen LogP contribution in [0.5, 0.6) is 0 Å². The number of aromatic nitrogens is 1. The number of anilines is 3. The van der Waals surface area contributed by atoms with E-state index in [4.69, 9.17) is 10.5 Å². The summed E-state index contributed by atoms with van der Waals surface area (Å²) in [5, 5.41) is 6.28. The van der Waals surface area contributed by atoms with E-state index >= 15 is 0 Å². The van der Waals surface area contributed by atoms with Gasteiger partial charge in [0.25, 0.3) is 0 Å². The lowest BCUT2D eigenvalue weighted by Crippen LogP contribution is -1.91. The molecule has 2 aromatic carbocycles. The molecule has 0 bridgehead atoms. The number of nitrogen functional groups attached to an aromatic ring is 1. The van der Waals surface area contributed by atoms with E-state index in [0.717, 1.165) is 32.6 Å². The molecule has 0 amide bonds. The van der Waals surface area contributed by atoms with Crippen LogP contribution in [0.2, 0.25) is 0 Å². The van der Waals surface area contributed by atoms with Crippen LogP contribution in [-0.4, -0.2) is 11.8 Å². The SMILES string of the molecule is C=O.CC.Nc1nccc2scc(-c3ccc(Nc4cccc(F)c4)cc3)c12. The summed E-state index contributed by atoms with van der Waals surface area (Å²) in [7, 11) is 0. The van der Waals surface area contributed by atoms with Gasteiger partial charge in [0.05, 0.1) is 0 Å². The number of thiophene rings is 1. The van der Waals surface area contributed by atoms with E-state index in [9.17, 15) is 4.39 Å². The van der Waals surface area contributed by atoms with Crippen LogP contribution in [0.1, 0.15) is 13.8 Å². The number of halogens is 1. The Morgan fingerprint density at radius 3 is 2.43 bits per heavy atom. The zero-order chi connectivity index (χ0) is 20.5. The lowest BCUT2D eigenvalue weighted by atomic mass is 10.0. The normalized spacial score (nSPS) is 9.68. The minimum absolute atomic E-state index is 0.260. The first-order chi connectivity index (χ1) is 13.7. The minimum atomic E-state index is -0.260. The topological polar surface area (TPSA) is 68.0 Å². The van der Waals surface area contributed by atoms with Crippen LogP contribution in [0.4, 0.5) is 21.6 Å². The third-order valence-electron chi connectivity index (χ3n) is 3.82. The zero-order valence-electron chi connectivity index (χ0n) is 15.8. The maximum absolute atomic E-state index is 13.2. The molecule has 144 valence electrons. The van der Waals surface area contributed by atoms with Crippen molar-refractivity contribution in [1.29, 1.82) is 0 Å². The maximum Gasteiger partial charge on any atom is 0.132 e. The fraction of sp³-hybridized carbons (Fsp3) is 0.0909. The van der Waals surface area contributed by atoms with Crippen molar-refractivity contribution in [1.82, 2.24) is 4.98 Å². The molecule has 2 heterocycles. The second kappa shape index (κ2) is 10.2. The Labute approximate surface area is 167 Å². The van der Waals surface area contributed by atoms with Gasteiger partial charge in [0.1, 0.15) is 18.4 Å². The fourth-order valence-corrected chi connectivity index (χ4v) is 3.66. The summed E-state index contributed by atoms with van der Waals surface area (Å²) < 4.78 is 14.4. The van der Waals surface area contributed by atoms with Gasteiger partial charge in [-0.05, 0) is 47.3 Å². The molecule has 0 saturated carbocycles. The molecule has 4 nitrogen and oxygen atoms in total. The van der Waals surface area contributed by atoms with Crippen LogP contribution in [0.15, 0.2) is 66.2 Å². The molecule has 2 aromatic heterocycles. The highest BCUT2D eigenvalue weighted by Crippen LogP contribution is 2.36. The molecule has 28 heavy (non-hydrogen) atoms. The lowest BCUT2D eigenvalue weighted by molar-refractivity contribution is -0.0979. The monoisotopic (exact) mass is 395 g/mol. The molecule has 0 saturated heterocycles. The van der Waals surface area contributed by atoms with Crippen molar-refractivity contribution in [3.05, 3.63) is 72.0 Å². The largest absolute Gasteiger partial charge is 0.383 e. The Bertz CT molecular complexity index is 1030. The van der Waals surface area contributed by atoms with Gasteiger partial charge < -0.3 is 15.8 Å². The average molecular weight is 396 g/mol. The number of pyridine rings is 1. The molecule has 6 heteroatoms. The van der Waals surface area contributed by atoms with Gasteiger partial charge in [0.2, 0.25) is 0 Å². The van der Waals surface area contributed by atoms with E-state index in [0.29, 0.717) is 5.82 Å². The number of rotatable bonds is 3. The molecule has 4 rings (SSSR count). The van der Waals surface area contributed by atoms with E-state index in [1.807, 2.05) is 57.0 Å². The lowest BCUT2D eigenvalue weighted by Gasteiger charge is -2.08. The highest BCUT2D eigenvalue weighted by molar-refractivity contribution is 7.17. The number of fused-ring (bicyclic) bond motifs is 1. The van der Waals surface area contributed by atoms with Gasteiger partial charge in [-0.15, -0.1) is 11.3 Å². The van der Waals surface area contributed by atoms with Crippen molar-refractivity contribution in [2.45, 2.75) is 13.8 Å². The molecule has 0 radical (unpaired) electrons. The minimum Gasteiger partial charge on any atom is -0.383 e. The molecule has 0 fully saturated rings. The van der Waals surface area contributed by atoms with E-state index < -0.39 is 0 Å². The van der Waals surface area contributed by atoms with Crippen LogP contribution in [0, 0.1) is 5.82 Å². The predicted octanol–water partition coefficient (Wildman–Crippen LogP) is 6.27. The highest BCUT2D eigenvalue weighted by atomic mass is 32.1. The molecule has 0 aliphatic carbocycles. The first kappa shape index (κ1) is 21.1. The summed E-state index contributed by atoms with van der Waals surface area (Å²) in [5.74, 6) is 0.287.